The third-order valence-electron chi connectivity index (χ3n) is 3.23. The lowest BCUT2D eigenvalue weighted by atomic mass is 10.1. The summed E-state index contributed by atoms with van der Waals surface area (Å²) in [5.74, 6) is 0.718. The van der Waals surface area contributed by atoms with Crippen LogP contribution in [0.15, 0.2) is 35.1 Å². The van der Waals surface area contributed by atoms with E-state index in [4.69, 9.17) is 4.74 Å². The normalized spacial score (nSPS) is 17.5. The van der Waals surface area contributed by atoms with Gasteiger partial charge in [-0.3, -0.25) is 4.79 Å². The van der Waals surface area contributed by atoms with E-state index in [0.717, 1.165) is 29.5 Å². The van der Waals surface area contributed by atoms with Crippen LogP contribution >= 0.6 is 0 Å². The molecule has 1 aromatic carbocycles. The molecule has 1 unspecified atom stereocenters. The van der Waals surface area contributed by atoms with Crippen LogP contribution < -0.4 is 10.3 Å². The summed E-state index contributed by atoms with van der Waals surface area (Å²) < 4.78 is 5.96. The maximum absolute atomic E-state index is 12.0. The number of hydrogen-bond acceptors (Lipinski definition) is 2. The SMILES string of the molecule is CCCC1C=Cc2c(c3ccccc3[nH]c2=O)O1. The Kier molecular flexibility index (Phi) is 2.67. The van der Waals surface area contributed by atoms with Gasteiger partial charge in [0.2, 0.25) is 0 Å². The number of rotatable bonds is 2. The Balaban J connectivity index is 2.21. The molecule has 0 amide bonds. The molecule has 0 aliphatic carbocycles. The molecular formula is C15H15NO2. The van der Waals surface area contributed by atoms with E-state index >= 15 is 0 Å². The van der Waals surface area contributed by atoms with Crippen LogP contribution in [-0.4, -0.2) is 11.1 Å². The average Bonchev–Trinajstić information content (AvgIpc) is 2.39. The van der Waals surface area contributed by atoms with Crippen LogP contribution in [0.4, 0.5) is 0 Å². The molecule has 1 aliphatic heterocycles. The zero-order valence-corrected chi connectivity index (χ0v) is 10.3. The van der Waals surface area contributed by atoms with Crippen molar-refractivity contribution in [2.24, 2.45) is 0 Å². The quantitative estimate of drug-likeness (QED) is 0.877. The Hall–Kier alpha value is -2.03. The molecule has 1 aliphatic rings. The maximum Gasteiger partial charge on any atom is 0.259 e. The summed E-state index contributed by atoms with van der Waals surface area (Å²) in [6, 6.07) is 7.74. The van der Waals surface area contributed by atoms with E-state index in [2.05, 4.69) is 11.9 Å². The number of fused-ring (bicyclic) bond motifs is 3. The molecular weight excluding hydrogens is 226 g/mol. The highest BCUT2D eigenvalue weighted by atomic mass is 16.5. The lowest BCUT2D eigenvalue weighted by Crippen LogP contribution is -2.21. The van der Waals surface area contributed by atoms with Crippen LogP contribution in [-0.2, 0) is 0 Å². The summed E-state index contributed by atoms with van der Waals surface area (Å²) in [6.45, 7) is 2.13. The number of H-pyrrole nitrogens is 1. The van der Waals surface area contributed by atoms with Gasteiger partial charge in [-0.2, -0.15) is 0 Å². The number of nitrogens with one attached hydrogen (secondary N) is 1. The Bertz CT molecular complexity index is 670. The molecule has 2 aromatic rings. The van der Waals surface area contributed by atoms with E-state index in [1.54, 1.807) is 0 Å². The van der Waals surface area contributed by atoms with Gasteiger partial charge < -0.3 is 9.72 Å². The van der Waals surface area contributed by atoms with E-state index in [1.807, 2.05) is 36.4 Å². The van der Waals surface area contributed by atoms with Crippen molar-refractivity contribution in [1.82, 2.24) is 4.98 Å². The van der Waals surface area contributed by atoms with Crippen molar-refractivity contribution in [3.05, 3.63) is 46.3 Å². The third kappa shape index (κ3) is 1.72. The number of pyridine rings is 1. The van der Waals surface area contributed by atoms with Crippen LogP contribution in [0, 0.1) is 0 Å². The van der Waals surface area contributed by atoms with Crippen molar-refractivity contribution in [3.8, 4) is 5.75 Å². The first-order chi connectivity index (χ1) is 8.79. The van der Waals surface area contributed by atoms with Gasteiger partial charge in [-0.15, -0.1) is 0 Å². The molecule has 1 N–H and O–H groups in total. The van der Waals surface area contributed by atoms with Gasteiger partial charge in [0.25, 0.3) is 5.56 Å². The Labute approximate surface area is 105 Å². The van der Waals surface area contributed by atoms with Crippen molar-refractivity contribution < 1.29 is 4.74 Å². The first-order valence-corrected chi connectivity index (χ1v) is 6.29. The van der Waals surface area contributed by atoms with E-state index in [1.165, 1.54) is 0 Å². The van der Waals surface area contributed by atoms with Gasteiger partial charge in [0, 0.05) is 5.39 Å². The molecule has 0 fully saturated rings. The van der Waals surface area contributed by atoms with Crippen LogP contribution in [0.5, 0.6) is 5.75 Å². The van der Waals surface area contributed by atoms with Crippen molar-refractivity contribution in [1.29, 1.82) is 0 Å². The molecule has 0 saturated heterocycles. The number of para-hydroxylation sites is 1. The zero-order chi connectivity index (χ0) is 12.5. The molecule has 0 spiro atoms. The highest BCUT2D eigenvalue weighted by Gasteiger charge is 2.19. The molecule has 0 radical (unpaired) electrons. The molecule has 3 heteroatoms. The predicted molar refractivity (Wildman–Crippen MR) is 72.9 cm³/mol. The zero-order valence-electron chi connectivity index (χ0n) is 10.3. The summed E-state index contributed by atoms with van der Waals surface area (Å²) in [5, 5.41) is 0.970. The third-order valence-corrected chi connectivity index (χ3v) is 3.23. The highest BCUT2D eigenvalue weighted by molar-refractivity contribution is 5.89. The minimum absolute atomic E-state index is 0.0766. The molecule has 3 nitrogen and oxygen atoms in total. The Morgan fingerprint density at radius 3 is 3.00 bits per heavy atom. The second-order valence-electron chi connectivity index (χ2n) is 4.55. The van der Waals surface area contributed by atoms with Crippen LogP contribution in [0.25, 0.3) is 17.0 Å². The molecule has 0 saturated carbocycles. The fraction of sp³-hybridized carbons (Fsp3) is 0.267. The Morgan fingerprint density at radius 2 is 2.17 bits per heavy atom. The first kappa shape index (κ1) is 11.1. The number of ether oxygens (including phenoxy) is 1. The average molecular weight is 241 g/mol. The molecule has 1 aromatic heterocycles. The monoisotopic (exact) mass is 241 g/mol. The minimum atomic E-state index is -0.0881. The largest absolute Gasteiger partial charge is 0.485 e. The summed E-state index contributed by atoms with van der Waals surface area (Å²) >= 11 is 0. The highest BCUT2D eigenvalue weighted by Crippen LogP contribution is 2.31. The van der Waals surface area contributed by atoms with Gasteiger partial charge >= 0.3 is 0 Å². The van der Waals surface area contributed by atoms with Gasteiger partial charge in [-0.1, -0.05) is 25.5 Å². The second-order valence-corrected chi connectivity index (χ2v) is 4.55. The predicted octanol–water partition coefficient (Wildman–Crippen LogP) is 3.10. The van der Waals surface area contributed by atoms with Crippen LogP contribution in [0.3, 0.4) is 0 Å². The van der Waals surface area contributed by atoms with E-state index in [-0.39, 0.29) is 11.7 Å². The van der Waals surface area contributed by atoms with Crippen molar-refractivity contribution in [2.45, 2.75) is 25.9 Å². The summed E-state index contributed by atoms with van der Waals surface area (Å²) in [6.07, 6.45) is 5.95. The molecule has 3 rings (SSSR count). The number of aromatic amines is 1. The fourth-order valence-electron chi connectivity index (χ4n) is 2.34. The number of aromatic nitrogens is 1. The van der Waals surface area contributed by atoms with Gasteiger partial charge in [0.1, 0.15) is 11.9 Å². The lowest BCUT2D eigenvalue weighted by molar-refractivity contribution is 0.236. The van der Waals surface area contributed by atoms with Crippen molar-refractivity contribution in [3.63, 3.8) is 0 Å². The van der Waals surface area contributed by atoms with E-state index in [9.17, 15) is 4.79 Å². The molecule has 0 bridgehead atoms. The standard InChI is InChI=1S/C15H15NO2/c1-2-5-10-8-9-12-14(18-10)11-6-3-4-7-13(11)16-15(12)17/h3-4,6-10H,2,5H2,1H3,(H,16,17). The molecule has 2 heterocycles. The van der Waals surface area contributed by atoms with E-state index in [0.29, 0.717) is 5.56 Å². The van der Waals surface area contributed by atoms with Gasteiger partial charge in [-0.25, -0.2) is 0 Å². The lowest BCUT2D eigenvalue weighted by Gasteiger charge is -2.21. The topological polar surface area (TPSA) is 42.1 Å². The molecule has 18 heavy (non-hydrogen) atoms. The van der Waals surface area contributed by atoms with Crippen molar-refractivity contribution >= 4 is 17.0 Å². The molecule has 92 valence electrons. The summed E-state index contributed by atoms with van der Waals surface area (Å²) in [4.78, 5) is 14.8. The minimum Gasteiger partial charge on any atom is -0.485 e. The maximum atomic E-state index is 12.0. The van der Waals surface area contributed by atoms with Gasteiger partial charge in [0.05, 0.1) is 11.1 Å². The van der Waals surface area contributed by atoms with Gasteiger partial charge in [-0.05, 0) is 30.7 Å². The summed E-state index contributed by atoms with van der Waals surface area (Å²) in [5.41, 5.74) is 1.36. The number of benzene rings is 1. The Morgan fingerprint density at radius 1 is 1.33 bits per heavy atom. The first-order valence-electron chi connectivity index (χ1n) is 6.29. The van der Waals surface area contributed by atoms with Crippen LogP contribution in [0.2, 0.25) is 0 Å². The smallest absolute Gasteiger partial charge is 0.259 e. The van der Waals surface area contributed by atoms with Gasteiger partial charge in [0.15, 0.2) is 0 Å². The number of hydrogen-bond donors (Lipinski definition) is 1. The van der Waals surface area contributed by atoms with Crippen molar-refractivity contribution in [2.75, 3.05) is 0 Å². The second kappa shape index (κ2) is 4.33. The fourth-order valence-corrected chi connectivity index (χ4v) is 2.34. The summed E-state index contributed by atoms with van der Waals surface area (Å²) in [7, 11) is 0. The molecule has 1 atom stereocenters. The van der Waals surface area contributed by atoms with E-state index < -0.39 is 0 Å². The van der Waals surface area contributed by atoms with Crippen LogP contribution in [0.1, 0.15) is 25.3 Å².